The molecular weight excluding hydrogens is 162 g/mol. The van der Waals surface area contributed by atoms with Crippen LogP contribution in [0.2, 0.25) is 0 Å². The van der Waals surface area contributed by atoms with Gasteiger partial charge in [0, 0.05) is 0 Å². The topological polar surface area (TPSA) is 40.9 Å². The average molecular weight is 177 g/mol. The van der Waals surface area contributed by atoms with Crippen molar-refractivity contribution in [3.05, 3.63) is 35.4 Å². The Balaban J connectivity index is 0.000000424. The van der Waals surface area contributed by atoms with Crippen LogP contribution >= 0.6 is 0 Å². The highest BCUT2D eigenvalue weighted by molar-refractivity contribution is 5.26. The first-order valence-corrected chi connectivity index (χ1v) is 4.34. The predicted molar refractivity (Wildman–Crippen MR) is 53.6 cm³/mol. The molecule has 0 radical (unpaired) electrons. The van der Waals surface area contributed by atoms with Crippen molar-refractivity contribution >= 4 is 6.08 Å². The van der Waals surface area contributed by atoms with Crippen LogP contribution in [0.5, 0.6) is 0 Å². The summed E-state index contributed by atoms with van der Waals surface area (Å²) in [4.78, 5) is 8.35. The number of benzene rings is 1. The number of aryl methyl sites for hydroxylation is 2. The van der Waals surface area contributed by atoms with Crippen LogP contribution in [-0.2, 0) is 11.2 Å². The van der Waals surface area contributed by atoms with Crippen molar-refractivity contribution in [1.29, 1.82) is 5.41 Å². The van der Waals surface area contributed by atoms with Crippen LogP contribution in [0.1, 0.15) is 24.5 Å². The van der Waals surface area contributed by atoms with E-state index in [9.17, 15) is 0 Å². The normalized spacial score (nSPS) is 8.15. The van der Waals surface area contributed by atoms with E-state index in [2.05, 4.69) is 38.1 Å². The van der Waals surface area contributed by atoms with Crippen molar-refractivity contribution in [1.82, 2.24) is 0 Å². The fourth-order valence-electron chi connectivity index (χ4n) is 1.16. The van der Waals surface area contributed by atoms with Gasteiger partial charge in [0.25, 0.3) is 0 Å². The molecule has 0 atom stereocenters. The van der Waals surface area contributed by atoms with Crippen LogP contribution in [-0.4, -0.2) is 6.08 Å². The van der Waals surface area contributed by atoms with E-state index >= 15 is 0 Å². The maximum Gasteiger partial charge on any atom is 0.231 e. The Hall–Kier alpha value is -1.40. The fourth-order valence-corrected chi connectivity index (χ4v) is 1.16. The molecule has 0 unspecified atom stereocenters. The summed E-state index contributed by atoms with van der Waals surface area (Å²) in [5, 5.41) is 5.40. The lowest BCUT2D eigenvalue weighted by atomic mass is 10.1. The molecule has 1 aromatic rings. The minimum atomic E-state index is 0.750. The Bertz CT molecular complexity index is 275. The second kappa shape index (κ2) is 7.26. The molecule has 0 bridgehead atoms. The molecule has 70 valence electrons. The van der Waals surface area contributed by atoms with Gasteiger partial charge in [0.15, 0.2) is 0 Å². The van der Waals surface area contributed by atoms with E-state index in [0.717, 1.165) is 6.08 Å². The third kappa shape index (κ3) is 5.83. The Morgan fingerprint density at radius 3 is 2.54 bits per heavy atom. The monoisotopic (exact) mass is 177 g/mol. The Morgan fingerprint density at radius 2 is 2.08 bits per heavy atom. The zero-order valence-corrected chi connectivity index (χ0v) is 8.13. The molecule has 1 rings (SSSR count). The van der Waals surface area contributed by atoms with Gasteiger partial charge in [-0.2, -0.15) is 0 Å². The summed E-state index contributed by atoms with van der Waals surface area (Å²) in [6.45, 7) is 4.35. The smallest absolute Gasteiger partial charge is 0.222 e. The van der Waals surface area contributed by atoms with Gasteiger partial charge in [-0.05, 0) is 18.9 Å². The van der Waals surface area contributed by atoms with Crippen molar-refractivity contribution in [3.63, 3.8) is 0 Å². The Kier molecular flexibility index (Phi) is 6.48. The zero-order valence-electron chi connectivity index (χ0n) is 8.13. The fraction of sp³-hybridized carbons (Fsp3) is 0.364. The largest absolute Gasteiger partial charge is 0.231 e. The molecule has 13 heavy (non-hydrogen) atoms. The van der Waals surface area contributed by atoms with Crippen LogP contribution in [0.3, 0.4) is 0 Å². The number of hydrogen-bond donors (Lipinski definition) is 1. The summed E-state index contributed by atoms with van der Waals surface area (Å²) < 4.78 is 0. The predicted octanol–water partition coefficient (Wildman–Crippen LogP) is 2.85. The van der Waals surface area contributed by atoms with Crippen molar-refractivity contribution in [2.24, 2.45) is 0 Å². The molecule has 0 amide bonds. The molecule has 0 aliphatic heterocycles. The standard InChI is InChI=1S/C10H14.CHNO/c1-3-5-10-7-4-6-9(2)8-10;2-1-3/h4,6-8H,3,5H2,1-2H3;2H. The van der Waals surface area contributed by atoms with Crippen LogP contribution in [0.4, 0.5) is 0 Å². The van der Waals surface area contributed by atoms with Gasteiger partial charge in [-0.15, -0.1) is 0 Å². The van der Waals surface area contributed by atoms with Crippen molar-refractivity contribution in [2.75, 3.05) is 0 Å². The summed E-state index contributed by atoms with van der Waals surface area (Å²) in [7, 11) is 0. The molecule has 0 fully saturated rings. The maximum atomic E-state index is 8.35. The number of carbonyl (C=O) groups excluding carboxylic acids is 1. The maximum absolute atomic E-state index is 8.35. The highest BCUT2D eigenvalue weighted by Gasteiger charge is 1.88. The molecule has 0 saturated heterocycles. The van der Waals surface area contributed by atoms with Crippen LogP contribution in [0.25, 0.3) is 0 Å². The van der Waals surface area contributed by atoms with E-state index in [1.807, 2.05) is 0 Å². The summed E-state index contributed by atoms with van der Waals surface area (Å²) in [5.41, 5.74) is 2.83. The molecule has 0 spiro atoms. The SMILES string of the molecule is CCCc1cccc(C)c1.N=C=O. The Morgan fingerprint density at radius 1 is 1.46 bits per heavy atom. The summed E-state index contributed by atoms with van der Waals surface area (Å²) in [6.07, 6.45) is 3.20. The van der Waals surface area contributed by atoms with Gasteiger partial charge in [0.1, 0.15) is 0 Å². The highest BCUT2D eigenvalue weighted by atomic mass is 16.1. The van der Waals surface area contributed by atoms with Crippen molar-refractivity contribution in [3.8, 4) is 0 Å². The zero-order chi connectivity index (χ0) is 10.1. The first kappa shape index (κ1) is 11.6. The molecular formula is C11H15NO. The van der Waals surface area contributed by atoms with Gasteiger partial charge in [-0.25, -0.2) is 10.2 Å². The number of hydrogen-bond acceptors (Lipinski definition) is 2. The van der Waals surface area contributed by atoms with Gasteiger partial charge >= 0.3 is 0 Å². The highest BCUT2D eigenvalue weighted by Crippen LogP contribution is 2.05. The molecule has 1 aromatic carbocycles. The van der Waals surface area contributed by atoms with Gasteiger partial charge in [-0.1, -0.05) is 43.2 Å². The minimum absolute atomic E-state index is 0.750. The number of isocyanates is 1. The third-order valence-electron chi connectivity index (χ3n) is 1.62. The number of rotatable bonds is 2. The third-order valence-corrected chi connectivity index (χ3v) is 1.62. The van der Waals surface area contributed by atoms with E-state index in [1.165, 1.54) is 24.0 Å². The molecule has 0 aliphatic rings. The van der Waals surface area contributed by atoms with Crippen LogP contribution in [0.15, 0.2) is 24.3 Å². The molecule has 1 N–H and O–H groups in total. The molecule has 2 heteroatoms. The van der Waals surface area contributed by atoms with Gasteiger partial charge in [0.2, 0.25) is 6.08 Å². The second-order valence-electron chi connectivity index (χ2n) is 2.84. The quantitative estimate of drug-likeness (QED) is 0.547. The van der Waals surface area contributed by atoms with E-state index < -0.39 is 0 Å². The van der Waals surface area contributed by atoms with E-state index in [0.29, 0.717) is 0 Å². The summed E-state index contributed by atoms with van der Waals surface area (Å²) >= 11 is 0. The summed E-state index contributed by atoms with van der Waals surface area (Å²) in [5.74, 6) is 0. The van der Waals surface area contributed by atoms with Gasteiger partial charge in [0.05, 0.1) is 0 Å². The lowest BCUT2D eigenvalue weighted by Crippen LogP contribution is -1.82. The number of nitrogens with one attached hydrogen (secondary N) is 1. The molecule has 2 nitrogen and oxygen atoms in total. The minimum Gasteiger partial charge on any atom is -0.222 e. The van der Waals surface area contributed by atoms with Crippen LogP contribution < -0.4 is 0 Å². The Labute approximate surface area is 79.1 Å². The van der Waals surface area contributed by atoms with E-state index in [1.54, 1.807) is 0 Å². The molecule has 0 aromatic heterocycles. The average Bonchev–Trinajstić information content (AvgIpc) is 2.06. The lowest BCUT2D eigenvalue weighted by molar-refractivity contribution is 0.563. The van der Waals surface area contributed by atoms with E-state index in [4.69, 9.17) is 10.2 Å². The molecule has 0 heterocycles. The first-order valence-electron chi connectivity index (χ1n) is 4.34. The molecule has 0 aliphatic carbocycles. The first-order chi connectivity index (χ1) is 6.24. The van der Waals surface area contributed by atoms with Gasteiger partial charge in [-0.3, -0.25) is 0 Å². The summed E-state index contributed by atoms with van der Waals surface area (Å²) in [6, 6.07) is 8.71. The van der Waals surface area contributed by atoms with Gasteiger partial charge < -0.3 is 0 Å². The van der Waals surface area contributed by atoms with Crippen molar-refractivity contribution < 1.29 is 4.79 Å². The van der Waals surface area contributed by atoms with E-state index in [-0.39, 0.29) is 0 Å². The van der Waals surface area contributed by atoms with Crippen LogP contribution in [0, 0.1) is 12.3 Å². The molecule has 0 saturated carbocycles. The van der Waals surface area contributed by atoms with Crippen molar-refractivity contribution in [2.45, 2.75) is 26.7 Å². The lowest BCUT2D eigenvalue weighted by Gasteiger charge is -1.97. The second-order valence-corrected chi connectivity index (χ2v) is 2.84.